The van der Waals surface area contributed by atoms with Gasteiger partial charge in [0, 0.05) is 5.92 Å². The van der Waals surface area contributed by atoms with E-state index in [2.05, 4.69) is 28.1 Å². The molecule has 2 atom stereocenters. The number of methoxy groups -OCH3 is 1. The predicted octanol–water partition coefficient (Wildman–Crippen LogP) is 3.93. The summed E-state index contributed by atoms with van der Waals surface area (Å²) >= 11 is 0. The second kappa shape index (κ2) is 12.7. The van der Waals surface area contributed by atoms with Crippen molar-refractivity contribution >= 4 is 18.1 Å². The lowest BCUT2D eigenvalue weighted by Crippen LogP contribution is -2.54. The lowest BCUT2D eigenvalue weighted by atomic mass is 9.98. The van der Waals surface area contributed by atoms with Gasteiger partial charge in [-0.1, -0.05) is 78.9 Å². The minimum Gasteiger partial charge on any atom is -0.467 e. The summed E-state index contributed by atoms with van der Waals surface area (Å²) in [5.74, 6) is -0.721. The molecule has 0 aliphatic heterocycles. The average Bonchev–Trinajstić information content (AvgIpc) is 3.25. The van der Waals surface area contributed by atoms with Gasteiger partial charge >= 0.3 is 18.1 Å². The van der Waals surface area contributed by atoms with Crippen LogP contribution in [-0.4, -0.2) is 50.6 Å². The molecule has 1 aliphatic carbocycles. The number of hydrogen-bond acceptors (Lipinski definition) is 6. The van der Waals surface area contributed by atoms with E-state index in [0.717, 1.165) is 27.8 Å². The smallest absolute Gasteiger partial charge is 0.408 e. The van der Waals surface area contributed by atoms with Crippen LogP contribution >= 0.6 is 0 Å². The molecule has 0 heterocycles. The molecule has 0 saturated heterocycles. The summed E-state index contributed by atoms with van der Waals surface area (Å²) in [6.07, 6.45) is -1.44. The second-order valence-corrected chi connectivity index (χ2v) is 8.89. The summed E-state index contributed by atoms with van der Waals surface area (Å²) in [6.45, 7) is 1.93. The Bertz CT molecular complexity index is 1220. The van der Waals surface area contributed by atoms with E-state index >= 15 is 0 Å². The molecule has 0 unspecified atom stereocenters. The van der Waals surface area contributed by atoms with Gasteiger partial charge in [-0.15, -0.1) is 0 Å². The van der Waals surface area contributed by atoms with Crippen LogP contribution in [0.5, 0.6) is 0 Å². The van der Waals surface area contributed by atoms with Crippen LogP contribution in [0.1, 0.15) is 29.5 Å². The van der Waals surface area contributed by atoms with Crippen molar-refractivity contribution in [3.05, 3.63) is 95.6 Å². The van der Waals surface area contributed by atoms with Crippen molar-refractivity contribution in [2.24, 2.45) is 0 Å². The number of nitrogens with one attached hydrogen (secondary N) is 3. The fourth-order valence-corrected chi connectivity index (χ4v) is 4.43. The lowest BCUT2D eigenvalue weighted by molar-refractivity contribution is -0.144. The number of ether oxygens (including phenoxy) is 3. The molecule has 3 N–H and O–H groups in total. The summed E-state index contributed by atoms with van der Waals surface area (Å²) in [4.78, 5) is 37.0. The Morgan fingerprint density at radius 2 is 1.42 bits per heavy atom. The maximum Gasteiger partial charge on any atom is 0.408 e. The number of carbonyl (C=O) groups is 3. The monoisotopic (exact) mass is 517 g/mol. The van der Waals surface area contributed by atoms with Crippen LogP contribution in [0.3, 0.4) is 0 Å². The van der Waals surface area contributed by atoms with Crippen molar-refractivity contribution in [3.8, 4) is 11.1 Å². The van der Waals surface area contributed by atoms with Crippen molar-refractivity contribution in [1.29, 1.82) is 0 Å². The Morgan fingerprint density at radius 3 is 2.05 bits per heavy atom. The first kappa shape index (κ1) is 26.7. The van der Waals surface area contributed by atoms with Gasteiger partial charge in [0.15, 0.2) is 6.04 Å². The molecule has 3 aromatic carbocycles. The largest absolute Gasteiger partial charge is 0.467 e. The molecular weight excluding hydrogens is 486 g/mol. The SMILES string of the molecule is COC(=O)[C@H](COCc1ccccc1)NC(=O)N[C@H](C)NC(=O)OCC1c2ccccc2-c2ccccc21. The fraction of sp³-hybridized carbons (Fsp3) is 0.276. The highest BCUT2D eigenvalue weighted by Gasteiger charge is 2.29. The van der Waals surface area contributed by atoms with Crippen LogP contribution in [0.2, 0.25) is 0 Å². The van der Waals surface area contributed by atoms with Gasteiger partial charge in [0.2, 0.25) is 0 Å². The molecule has 198 valence electrons. The minimum absolute atomic E-state index is 0.0728. The molecular formula is C29H31N3O6. The number of rotatable bonds is 10. The normalized spacial score (nSPS) is 13.4. The van der Waals surface area contributed by atoms with Crippen molar-refractivity contribution in [3.63, 3.8) is 0 Å². The maximum atomic E-state index is 12.5. The maximum absolute atomic E-state index is 12.5. The molecule has 0 aromatic heterocycles. The van der Waals surface area contributed by atoms with Crippen molar-refractivity contribution in [1.82, 2.24) is 16.0 Å². The summed E-state index contributed by atoms with van der Waals surface area (Å²) in [6, 6.07) is 23.9. The van der Waals surface area contributed by atoms with E-state index in [-0.39, 0.29) is 25.7 Å². The van der Waals surface area contributed by atoms with Crippen LogP contribution < -0.4 is 16.0 Å². The zero-order chi connectivity index (χ0) is 26.9. The highest BCUT2D eigenvalue weighted by atomic mass is 16.5. The summed E-state index contributed by atoms with van der Waals surface area (Å²) < 4.78 is 15.8. The van der Waals surface area contributed by atoms with E-state index < -0.39 is 30.3 Å². The number of alkyl carbamates (subject to hydrolysis) is 1. The van der Waals surface area contributed by atoms with Gasteiger partial charge in [0.1, 0.15) is 12.8 Å². The van der Waals surface area contributed by atoms with Crippen LogP contribution in [0.25, 0.3) is 11.1 Å². The van der Waals surface area contributed by atoms with Crippen LogP contribution in [0.15, 0.2) is 78.9 Å². The molecule has 3 aromatic rings. The Kier molecular flexibility index (Phi) is 8.94. The molecule has 0 fully saturated rings. The van der Waals surface area contributed by atoms with E-state index in [1.807, 2.05) is 66.7 Å². The first-order valence-corrected chi connectivity index (χ1v) is 12.3. The molecule has 1 aliphatic rings. The van der Waals surface area contributed by atoms with Gasteiger partial charge in [0.05, 0.1) is 20.3 Å². The van der Waals surface area contributed by atoms with Gasteiger partial charge in [-0.25, -0.2) is 14.4 Å². The minimum atomic E-state index is -1.02. The quantitative estimate of drug-likeness (QED) is 0.277. The molecule has 0 bridgehead atoms. The van der Waals surface area contributed by atoms with Crippen molar-refractivity contribution < 1.29 is 28.6 Å². The second-order valence-electron chi connectivity index (χ2n) is 8.89. The number of benzene rings is 3. The lowest BCUT2D eigenvalue weighted by Gasteiger charge is -2.21. The highest BCUT2D eigenvalue weighted by Crippen LogP contribution is 2.44. The van der Waals surface area contributed by atoms with Crippen LogP contribution in [0.4, 0.5) is 9.59 Å². The highest BCUT2D eigenvalue weighted by molar-refractivity contribution is 5.84. The number of esters is 1. The number of hydrogen-bond donors (Lipinski definition) is 3. The van der Waals surface area contributed by atoms with E-state index in [1.54, 1.807) is 6.92 Å². The van der Waals surface area contributed by atoms with Crippen molar-refractivity contribution in [2.45, 2.75) is 31.7 Å². The first-order valence-electron chi connectivity index (χ1n) is 12.3. The molecule has 9 heteroatoms. The molecule has 0 saturated carbocycles. The molecule has 0 spiro atoms. The Labute approximate surface area is 221 Å². The zero-order valence-electron chi connectivity index (χ0n) is 21.3. The average molecular weight is 518 g/mol. The zero-order valence-corrected chi connectivity index (χ0v) is 21.3. The van der Waals surface area contributed by atoms with Crippen LogP contribution in [-0.2, 0) is 25.6 Å². The van der Waals surface area contributed by atoms with Gasteiger partial charge in [-0.2, -0.15) is 0 Å². The van der Waals surface area contributed by atoms with E-state index in [0.29, 0.717) is 0 Å². The number of amides is 3. The van der Waals surface area contributed by atoms with E-state index in [9.17, 15) is 14.4 Å². The predicted molar refractivity (Wildman–Crippen MR) is 141 cm³/mol. The van der Waals surface area contributed by atoms with Gasteiger partial charge in [-0.3, -0.25) is 0 Å². The first-order chi connectivity index (χ1) is 18.5. The Hall–Kier alpha value is -4.37. The van der Waals surface area contributed by atoms with Gasteiger partial charge < -0.3 is 30.2 Å². The summed E-state index contributed by atoms with van der Waals surface area (Å²) in [7, 11) is 1.23. The summed E-state index contributed by atoms with van der Waals surface area (Å²) in [5, 5.41) is 7.66. The van der Waals surface area contributed by atoms with E-state index in [4.69, 9.17) is 14.2 Å². The van der Waals surface area contributed by atoms with E-state index in [1.165, 1.54) is 7.11 Å². The fourth-order valence-electron chi connectivity index (χ4n) is 4.43. The third kappa shape index (κ3) is 6.68. The number of carbonyl (C=O) groups excluding carboxylic acids is 3. The molecule has 9 nitrogen and oxygen atoms in total. The molecule has 4 rings (SSSR count). The number of urea groups is 1. The Morgan fingerprint density at radius 1 is 0.816 bits per heavy atom. The number of fused-ring (bicyclic) bond motifs is 3. The molecule has 3 amide bonds. The van der Waals surface area contributed by atoms with Gasteiger partial charge in [0.25, 0.3) is 0 Å². The van der Waals surface area contributed by atoms with Gasteiger partial charge in [-0.05, 0) is 34.7 Å². The third-order valence-electron chi connectivity index (χ3n) is 6.21. The molecule has 0 radical (unpaired) electrons. The molecule has 38 heavy (non-hydrogen) atoms. The van der Waals surface area contributed by atoms with Crippen molar-refractivity contribution in [2.75, 3.05) is 20.3 Å². The Balaban J connectivity index is 1.24. The topological polar surface area (TPSA) is 115 Å². The standard InChI is InChI=1S/C29H31N3O6/c1-19(30-28(34)32-26(27(33)36-2)18-37-16-20-10-4-3-5-11-20)31-29(35)38-17-25-23-14-8-6-12-21(23)22-13-7-9-15-24(22)25/h3-15,19,25-26H,16-18H2,1-2H3,(H,31,35)(H2,30,32,34)/t19-,26-/m0/s1. The van der Waals surface area contributed by atoms with Crippen LogP contribution in [0, 0.1) is 0 Å². The summed E-state index contributed by atoms with van der Waals surface area (Å²) in [5.41, 5.74) is 5.42. The third-order valence-corrected chi connectivity index (χ3v) is 6.21.